The van der Waals surface area contributed by atoms with E-state index in [1.165, 1.54) is 10.6 Å². The van der Waals surface area contributed by atoms with Crippen LogP contribution in [0.25, 0.3) is 0 Å². The maximum atomic E-state index is 13.3. The Hall–Kier alpha value is -0.680. The molecule has 1 aromatic heterocycles. The van der Waals surface area contributed by atoms with E-state index >= 15 is 0 Å². The van der Waals surface area contributed by atoms with Crippen LogP contribution in [0.2, 0.25) is 0 Å². The van der Waals surface area contributed by atoms with Gasteiger partial charge in [0.05, 0.1) is 18.8 Å². The fourth-order valence-corrected chi connectivity index (χ4v) is 3.40. The first-order valence-electron chi connectivity index (χ1n) is 5.77. The summed E-state index contributed by atoms with van der Waals surface area (Å²) in [6.45, 7) is 1.24. The Morgan fingerprint density at radius 2 is 2.47 bits per heavy atom. The quantitative estimate of drug-likeness (QED) is 0.839. The highest BCUT2D eigenvalue weighted by Crippen LogP contribution is 2.45. The normalized spacial score (nSPS) is 31.1. The average molecular weight is 302 g/mol. The fraction of sp³-hybridized carbons (Fsp3) is 0.583. The van der Waals surface area contributed by atoms with Crippen LogP contribution in [0.5, 0.6) is 0 Å². The molecule has 3 nitrogen and oxygen atoms in total. The molecule has 3 rings (SSSR count). The second-order valence-electron chi connectivity index (χ2n) is 5.04. The lowest BCUT2D eigenvalue weighted by molar-refractivity contribution is -0.0295. The molecule has 0 N–H and O–H groups in total. The highest BCUT2D eigenvalue weighted by Gasteiger charge is 2.46. The predicted molar refractivity (Wildman–Crippen MR) is 64.4 cm³/mol. The van der Waals surface area contributed by atoms with Crippen LogP contribution in [-0.4, -0.2) is 16.8 Å². The second kappa shape index (κ2) is 3.92. The Bertz CT molecular complexity index is 506. The summed E-state index contributed by atoms with van der Waals surface area (Å²) < 4.78 is 21.1. The van der Waals surface area contributed by atoms with Gasteiger partial charge in [-0.25, -0.2) is 4.39 Å². The third kappa shape index (κ3) is 1.95. The Morgan fingerprint density at radius 3 is 3.06 bits per heavy atom. The minimum absolute atomic E-state index is 0.234. The Labute approximate surface area is 107 Å². The van der Waals surface area contributed by atoms with Gasteiger partial charge in [0.25, 0.3) is 5.56 Å². The maximum Gasteiger partial charge on any atom is 0.286 e. The summed E-state index contributed by atoms with van der Waals surface area (Å²) in [5, 5.41) is 0. The summed E-state index contributed by atoms with van der Waals surface area (Å²) >= 11 is 3.21. The van der Waals surface area contributed by atoms with Crippen LogP contribution in [0.3, 0.4) is 0 Å². The van der Waals surface area contributed by atoms with Crippen LogP contribution < -0.4 is 5.56 Å². The molecular formula is C12H13BrFNO2. The van der Waals surface area contributed by atoms with Crippen LogP contribution in [0, 0.1) is 11.7 Å². The lowest BCUT2D eigenvalue weighted by Gasteiger charge is -2.27. The average Bonchev–Trinajstić information content (AvgIpc) is 2.85. The van der Waals surface area contributed by atoms with Crippen molar-refractivity contribution < 1.29 is 9.13 Å². The molecule has 1 saturated heterocycles. The molecule has 92 valence electrons. The smallest absolute Gasteiger partial charge is 0.286 e. The first-order chi connectivity index (χ1) is 8.08. The summed E-state index contributed by atoms with van der Waals surface area (Å²) in [6.07, 6.45) is 4.76. The summed E-state index contributed by atoms with van der Waals surface area (Å²) in [6, 6.07) is 1.20. The molecule has 1 saturated carbocycles. The molecule has 1 aliphatic carbocycles. The molecular weight excluding hydrogens is 289 g/mol. The van der Waals surface area contributed by atoms with E-state index in [1.807, 2.05) is 0 Å². The van der Waals surface area contributed by atoms with E-state index in [-0.39, 0.29) is 5.60 Å². The van der Waals surface area contributed by atoms with Crippen LogP contribution in [0.4, 0.5) is 4.39 Å². The van der Waals surface area contributed by atoms with Crippen molar-refractivity contribution in [1.29, 1.82) is 0 Å². The first kappa shape index (κ1) is 11.4. The van der Waals surface area contributed by atoms with Crippen molar-refractivity contribution in [3.05, 3.63) is 32.9 Å². The summed E-state index contributed by atoms with van der Waals surface area (Å²) in [7, 11) is 0. The maximum absolute atomic E-state index is 13.3. The molecule has 1 aliphatic heterocycles. The number of ether oxygens (including phenoxy) is 1. The van der Waals surface area contributed by atoms with Gasteiger partial charge in [-0.05, 0) is 47.2 Å². The van der Waals surface area contributed by atoms with E-state index in [0.29, 0.717) is 16.9 Å². The fourth-order valence-electron chi connectivity index (χ4n) is 2.95. The number of hydrogen-bond donors (Lipinski definition) is 0. The van der Waals surface area contributed by atoms with Gasteiger partial charge in [-0.1, -0.05) is 0 Å². The van der Waals surface area contributed by atoms with Crippen LogP contribution in [0.15, 0.2) is 21.5 Å². The number of fused-ring (bicyclic) bond motifs is 2. The van der Waals surface area contributed by atoms with Crippen molar-refractivity contribution in [2.45, 2.75) is 31.4 Å². The van der Waals surface area contributed by atoms with Gasteiger partial charge in [0, 0.05) is 10.7 Å². The summed E-state index contributed by atoms with van der Waals surface area (Å²) in [5.74, 6) is -0.0916. The second-order valence-corrected chi connectivity index (χ2v) is 5.96. The molecule has 0 aromatic carbocycles. The van der Waals surface area contributed by atoms with Crippen LogP contribution in [-0.2, 0) is 11.3 Å². The predicted octanol–water partition coefficient (Wildman–Crippen LogP) is 2.32. The molecule has 0 amide bonds. The standard InChI is InChI=1S/C12H13BrFNO2/c13-9-3-10(14)11(16)15(5-9)7-12-2-1-8(4-12)6-17-12/h3,5,8H,1-2,4,6-7H2. The molecule has 1 aromatic rings. The van der Waals surface area contributed by atoms with Gasteiger partial charge in [0.1, 0.15) is 0 Å². The number of halogens is 2. The van der Waals surface area contributed by atoms with Crippen molar-refractivity contribution in [1.82, 2.24) is 4.57 Å². The van der Waals surface area contributed by atoms with Crippen molar-refractivity contribution in [3.8, 4) is 0 Å². The van der Waals surface area contributed by atoms with Crippen LogP contribution >= 0.6 is 15.9 Å². The van der Waals surface area contributed by atoms with Gasteiger partial charge in [0.2, 0.25) is 0 Å². The Balaban J connectivity index is 1.93. The number of hydrogen-bond acceptors (Lipinski definition) is 2. The largest absolute Gasteiger partial charge is 0.373 e. The highest BCUT2D eigenvalue weighted by molar-refractivity contribution is 9.10. The van der Waals surface area contributed by atoms with Crippen molar-refractivity contribution in [2.75, 3.05) is 6.61 Å². The zero-order chi connectivity index (χ0) is 12.0. The minimum atomic E-state index is -0.719. The highest BCUT2D eigenvalue weighted by atomic mass is 79.9. The zero-order valence-electron chi connectivity index (χ0n) is 9.29. The van der Waals surface area contributed by atoms with Gasteiger partial charge in [-0.15, -0.1) is 0 Å². The van der Waals surface area contributed by atoms with E-state index < -0.39 is 11.4 Å². The SMILES string of the molecule is O=c1c(F)cc(Br)cn1CC12CCC(CO1)C2. The van der Waals surface area contributed by atoms with Crippen molar-refractivity contribution in [2.24, 2.45) is 5.92 Å². The Kier molecular flexibility index (Phi) is 2.63. The summed E-state index contributed by atoms with van der Waals surface area (Å²) in [4.78, 5) is 11.7. The van der Waals surface area contributed by atoms with E-state index in [9.17, 15) is 9.18 Å². The van der Waals surface area contributed by atoms with Gasteiger partial charge in [-0.3, -0.25) is 4.79 Å². The monoisotopic (exact) mass is 301 g/mol. The molecule has 2 atom stereocenters. The molecule has 0 radical (unpaired) electrons. The molecule has 0 spiro atoms. The third-order valence-corrected chi connectivity index (χ3v) is 4.20. The molecule has 17 heavy (non-hydrogen) atoms. The number of nitrogens with zero attached hydrogens (tertiary/aromatic N) is 1. The van der Waals surface area contributed by atoms with E-state index in [4.69, 9.17) is 4.74 Å². The lowest BCUT2D eigenvalue weighted by Crippen LogP contribution is -2.37. The summed E-state index contributed by atoms with van der Waals surface area (Å²) in [5.41, 5.74) is -0.802. The Morgan fingerprint density at radius 1 is 1.65 bits per heavy atom. The van der Waals surface area contributed by atoms with Gasteiger partial charge >= 0.3 is 0 Å². The molecule has 5 heteroatoms. The third-order valence-electron chi connectivity index (χ3n) is 3.76. The molecule has 2 fully saturated rings. The molecule has 2 heterocycles. The molecule has 2 bridgehead atoms. The van der Waals surface area contributed by atoms with Gasteiger partial charge < -0.3 is 9.30 Å². The molecule has 2 aliphatic rings. The zero-order valence-corrected chi connectivity index (χ0v) is 10.9. The number of rotatable bonds is 2. The van der Waals surface area contributed by atoms with Crippen molar-refractivity contribution in [3.63, 3.8) is 0 Å². The van der Waals surface area contributed by atoms with E-state index in [2.05, 4.69) is 15.9 Å². The number of aromatic nitrogens is 1. The van der Waals surface area contributed by atoms with Gasteiger partial charge in [0.15, 0.2) is 5.82 Å². The van der Waals surface area contributed by atoms with E-state index in [0.717, 1.165) is 25.9 Å². The van der Waals surface area contributed by atoms with Crippen LogP contribution in [0.1, 0.15) is 19.3 Å². The minimum Gasteiger partial charge on any atom is -0.373 e. The number of pyridine rings is 1. The van der Waals surface area contributed by atoms with Gasteiger partial charge in [-0.2, -0.15) is 0 Å². The lowest BCUT2D eigenvalue weighted by atomic mass is 10.0. The molecule has 2 unspecified atom stereocenters. The topological polar surface area (TPSA) is 31.2 Å². The first-order valence-corrected chi connectivity index (χ1v) is 6.57. The van der Waals surface area contributed by atoms with E-state index in [1.54, 1.807) is 6.20 Å². The van der Waals surface area contributed by atoms with Crippen molar-refractivity contribution >= 4 is 15.9 Å².